The highest BCUT2D eigenvalue weighted by Crippen LogP contribution is 2.22. The van der Waals surface area contributed by atoms with E-state index < -0.39 is 15.6 Å². The van der Waals surface area contributed by atoms with Crippen LogP contribution < -0.4 is 15.4 Å². The predicted octanol–water partition coefficient (Wildman–Crippen LogP) is 3.59. The van der Waals surface area contributed by atoms with Gasteiger partial charge in [0, 0.05) is 36.4 Å². The van der Waals surface area contributed by atoms with Gasteiger partial charge in [0.25, 0.3) is 5.91 Å². The van der Waals surface area contributed by atoms with E-state index in [-0.39, 0.29) is 22.2 Å². The van der Waals surface area contributed by atoms with Crippen LogP contribution in [-0.4, -0.2) is 51.4 Å². The number of piperidine rings is 1. The second-order valence-corrected chi connectivity index (χ2v) is 11.7. The van der Waals surface area contributed by atoms with E-state index in [0.29, 0.717) is 24.7 Å². The molecule has 1 aliphatic heterocycles. The third kappa shape index (κ3) is 7.78. The van der Waals surface area contributed by atoms with Gasteiger partial charge in [0.2, 0.25) is 10.0 Å². The molecule has 2 aromatic rings. The van der Waals surface area contributed by atoms with Crippen LogP contribution in [0.3, 0.4) is 0 Å². The minimum atomic E-state index is -3.85. The molecule has 0 spiro atoms. The van der Waals surface area contributed by atoms with Gasteiger partial charge in [0.15, 0.2) is 0 Å². The number of nitrogens with one attached hydrogen (secondary N) is 3. The van der Waals surface area contributed by atoms with E-state index in [9.17, 15) is 17.6 Å². The van der Waals surface area contributed by atoms with Gasteiger partial charge in [0.1, 0.15) is 5.82 Å². The van der Waals surface area contributed by atoms with Crippen molar-refractivity contribution in [1.82, 2.24) is 14.9 Å². The van der Waals surface area contributed by atoms with Gasteiger partial charge in [-0.15, -0.1) is 0 Å². The molecule has 0 saturated carbocycles. The van der Waals surface area contributed by atoms with E-state index in [4.69, 9.17) is 0 Å². The quantitative estimate of drug-likeness (QED) is 0.526. The molecule has 7 nitrogen and oxygen atoms in total. The zero-order valence-corrected chi connectivity index (χ0v) is 21.1. The normalized spacial score (nSPS) is 17.4. The first kappa shape index (κ1) is 26.1. The molecule has 3 rings (SSSR count). The van der Waals surface area contributed by atoms with E-state index in [2.05, 4.69) is 27.3 Å². The standard InChI is InChI=1S/C25H35FN4O3S/c1-25(2,3)29-34(32,33)23-13-20(24(31)28-16-19-6-5-11-30(4)17-19)12-22(14-23)27-15-18-7-9-21(26)10-8-18/h7-10,12-14,19,27,29H,5-6,11,15-17H2,1-4H3,(H,28,31)/t19-/m1/s1. The molecule has 0 aliphatic carbocycles. The summed E-state index contributed by atoms with van der Waals surface area (Å²) in [5.41, 5.74) is 0.910. The Hall–Kier alpha value is -2.49. The van der Waals surface area contributed by atoms with Gasteiger partial charge < -0.3 is 15.5 Å². The molecule has 1 atom stereocenters. The number of benzene rings is 2. The van der Waals surface area contributed by atoms with Crippen molar-refractivity contribution in [2.75, 3.05) is 32.0 Å². The number of hydrogen-bond acceptors (Lipinski definition) is 5. The summed E-state index contributed by atoms with van der Waals surface area (Å²) in [6.45, 7) is 8.16. The molecule has 186 valence electrons. The highest BCUT2D eigenvalue weighted by molar-refractivity contribution is 7.89. The Kier molecular flexibility index (Phi) is 8.33. The number of rotatable bonds is 8. The van der Waals surface area contributed by atoms with Crippen LogP contribution in [0.25, 0.3) is 0 Å². The van der Waals surface area contributed by atoms with Crippen molar-refractivity contribution in [2.24, 2.45) is 5.92 Å². The maximum absolute atomic E-state index is 13.2. The number of amides is 1. The molecule has 34 heavy (non-hydrogen) atoms. The largest absolute Gasteiger partial charge is 0.381 e. The van der Waals surface area contributed by atoms with Crippen LogP contribution in [0.4, 0.5) is 10.1 Å². The summed E-state index contributed by atoms with van der Waals surface area (Å²) in [4.78, 5) is 15.2. The van der Waals surface area contributed by atoms with E-state index in [0.717, 1.165) is 31.5 Å². The number of anilines is 1. The second kappa shape index (κ2) is 10.8. The van der Waals surface area contributed by atoms with Crippen LogP contribution in [0, 0.1) is 11.7 Å². The summed E-state index contributed by atoms with van der Waals surface area (Å²) in [6.07, 6.45) is 2.15. The fourth-order valence-electron chi connectivity index (χ4n) is 4.03. The van der Waals surface area contributed by atoms with E-state index in [1.165, 1.54) is 24.3 Å². The summed E-state index contributed by atoms with van der Waals surface area (Å²) in [7, 11) is -1.78. The average Bonchev–Trinajstić information content (AvgIpc) is 2.75. The molecule has 2 aromatic carbocycles. The van der Waals surface area contributed by atoms with Crippen LogP contribution in [0.5, 0.6) is 0 Å². The lowest BCUT2D eigenvalue weighted by atomic mass is 9.98. The maximum Gasteiger partial charge on any atom is 0.251 e. The number of hydrogen-bond donors (Lipinski definition) is 3. The minimum Gasteiger partial charge on any atom is -0.381 e. The highest BCUT2D eigenvalue weighted by atomic mass is 32.2. The molecule has 0 bridgehead atoms. The molecule has 0 aromatic heterocycles. The van der Waals surface area contributed by atoms with Crippen molar-refractivity contribution in [3.8, 4) is 0 Å². The summed E-state index contributed by atoms with van der Waals surface area (Å²) in [5.74, 6) is -0.271. The van der Waals surface area contributed by atoms with Crippen LogP contribution in [0.1, 0.15) is 49.5 Å². The number of nitrogens with zero attached hydrogens (tertiary/aromatic N) is 1. The van der Waals surface area contributed by atoms with Crippen molar-refractivity contribution in [1.29, 1.82) is 0 Å². The first-order chi connectivity index (χ1) is 15.9. The first-order valence-electron chi connectivity index (χ1n) is 11.6. The minimum absolute atomic E-state index is 0.00841. The molecule has 1 saturated heterocycles. The molecule has 0 unspecified atom stereocenters. The van der Waals surface area contributed by atoms with Crippen molar-refractivity contribution in [2.45, 2.75) is 50.6 Å². The molecule has 1 aliphatic rings. The SMILES string of the molecule is CN1CCC[C@H](CNC(=O)c2cc(NCc3ccc(F)cc3)cc(S(=O)(=O)NC(C)(C)C)c2)C1. The molecule has 1 heterocycles. The lowest BCUT2D eigenvalue weighted by Crippen LogP contribution is -2.40. The number of halogens is 1. The Morgan fingerprint density at radius 2 is 1.85 bits per heavy atom. The monoisotopic (exact) mass is 490 g/mol. The fourth-order valence-corrected chi connectivity index (χ4v) is 5.52. The predicted molar refractivity (Wildman–Crippen MR) is 133 cm³/mol. The van der Waals surface area contributed by atoms with Gasteiger partial charge in [-0.3, -0.25) is 4.79 Å². The van der Waals surface area contributed by atoms with Crippen LogP contribution in [0.15, 0.2) is 47.4 Å². The maximum atomic E-state index is 13.2. The van der Waals surface area contributed by atoms with Crippen molar-refractivity contribution in [3.63, 3.8) is 0 Å². The summed E-state index contributed by atoms with van der Waals surface area (Å²) < 4.78 is 41.9. The number of sulfonamides is 1. The fraction of sp³-hybridized carbons (Fsp3) is 0.480. The molecule has 1 fully saturated rings. The van der Waals surface area contributed by atoms with Gasteiger partial charge in [-0.1, -0.05) is 12.1 Å². The topological polar surface area (TPSA) is 90.5 Å². The van der Waals surface area contributed by atoms with Gasteiger partial charge in [0.05, 0.1) is 4.90 Å². The Morgan fingerprint density at radius 3 is 2.50 bits per heavy atom. The lowest BCUT2D eigenvalue weighted by Gasteiger charge is -2.29. The van der Waals surface area contributed by atoms with E-state index >= 15 is 0 Å². The zero-order chi connectivity index (χ0) is 24.9. The third-order valence-electron chi connectivity index (χ3n) is 5.60. The second-order valence-electron chi connectivity index (χ2n) is 10.1. The van der Waals surface area contributed by atoms with Gasteiger partial charge in [-0.25, -0.2) is 17.5 Å². The number of likely N-dealkylation sites (tertiary alicyclic amines) is 1. The third-order valence-corrected chi connectivity index (χ3v) is 7.34. The van der Waals surface area contributed by atoms with Crippen LogP contribution >= 0.6 is 0 Å². The Labute approximate surface area is 202 Å². The van der Waals surface area contributed by atoms with E-state index in [1.54, 1.807) is 39.0 Å². The summed E-state index contributed by atoms with van der Waals surface area (Å²) in [5, 5.41) is 6.13. The Bertz CT molecular complexity index is 1100. The van der Waals surface area contributed by atoms with Gasteiger partial charge >= 0.3 is 0 Å². The Balaban J connectivity index is 1.82. The molecule has 0 radical (unpaired) electrons. The van der Waals surface area contributed by atoms with Crippen molar-refractivity contribution < 1.29 is 17.6 Å². The number of carbonyl (C=O) groups excluding carboxylic acids is 1. The van der Waals surface area contributed by atoms with Crippen molar-refractivity contribution >= 4 is 21.6 Å². The lowest BCUT2D eigenvalue weighted by molar-refractivity contribution is 0.0936. The average molecular weight is 491 g/mol. The van der Waals surface area contributed by atoms with Gasteiger partial charge in [-0.2, -0.15) is 0 Å². The van der Waals surface area contributed by atoms with Gasteiger partial charge in [-0.05, 0) is 89.0 Å². The molecular formula is C25H35FN4O3S. The van der Waals surface area contributed by atoms with Crippen LogP contribution in [-0.2, 0) is 16.6 Å². The first-order valence-corrected chi connectivity index (χ1v) is 13.0. The van der Waals surface area contributed by atoms with E-state index in [1.807, 2.05) is 0 Å². The Morgan fingerprint density at radius 1 is 1.15 bits per heavy atom. The smallest absolute Gasteiger partial charge is 0.251 e. The van der Waals surface area contributed by atoms with Crippen molar-refractivity contribution in [3.05, 3.63) is 59.4 Å². The molecular weight excluding hydrogens is 455 g/mol. The molecule has 9 heteroatoms. The summed E-state index contributed by atoms with van der Waals surface area (Å²) in [6, 6.07) is 10.6. The summed E-state index contributed by atoms with van der Waals surface area (Å²) >= 11 is 0. The molecule has 3 N–H and O–H groups in total. The number of carbonyl (C=O) groups is 1. The molecule has 1 amide bonds. The highest BCUT2D eigenvalue weighted by Gasteiger charge is 2.24. The van der Waals surface area contributed by atoms with Crippen LogP contribution in [0.2, 0.25) is 0 Å². The zero-order valence-electron chi connectivity index (χ0n) is 20.3.